The van der Waals surface area contributed by atoms with Gasteiger partial charge in [0.2, 0.25) is 0 Å². The van der Waals surface area contributed by atoms with Gasteiger partial charge in [-0.05, 0) is 46.8 Å². The molecule has 4 rings (SSSR count). The Hall–Kier alpha value is -2.05. The number of likely N-dealkylation sites (tertiary alicyclic amines) is 1. The molecule has 1 aliphatic heterocycles. The first kappa shape index (κ1) is 18.3. The minimum atomic E-state index is 0.189. The van der Waals surface area contributed by atoms with E-state index in [2.05, 4.69) is 40.8 Å². The summed E-state index contributed by atoms with van der Waals surface area (Å²) in [6.45, 7) is 11.4. The van der Waals surface area contributed by atoms with Crippen LogP contribution in [0, 0.1) is 20.8 Å². The van der Waals surface area contributed by atoms with E-state index < -0.39 is 0 Å². The van der Waals surface area contributed by atoms with Crippen molar-refractivity contribution in [2.45, 2.75) is 59.2 Å². The van der Waals surface area contributed by atoms with Crippen LogP contribution in [-0.4, -0.2) is 38.5 Å². The highest BCUT2D eigenvalue weighted by Crippen LogP contribution is 2.32. The number of pyridine rings is 2. The Balaban J connectivity index is 1.49. The molecular formula is C21H26N4OS. The number of ether oxygens (including phenoxy) is 1. The monoisotopic (exact) mass is 382 g/mol. The molecule has 3 atom stereocenters. The van der Waals surface area contributed by atoms with E-state index in [1.54, 1.807) is 11.3 Å². The zero-order chi connectivity index (χ0) is 19.1. The summed E-state index contributed by atoms with van der Waals surface area (Å²) in [6, 6.07) is 9.01. The predicted octanol–water partition coefficient (Wildman–Crippen LogP) is 4.61. The summed E-state index contributed by atoms with van der Waals surface area (Å²) in [5.74, 6) is 0.921. The molecule has 0 amide bonds. The molecule has 3 aromatic heterocycles. The fraction of sp³-hybridized carbons (Fsp3) is 0.476. The molecule has 1 saturated heterocycles. The van der Waals surface area contributed by atoms with Crippen molar-refractivity contribution in [2.24, 2.45) is 0 Å². The Morgan fingerprint density at radius 2 is 1.85 bits per heavy atom. The minimum absolute atomic E-state index is 0.189. The smallest absolute Gasteiger partial charge is 0.170 e. The van der Waals surface area contributed by atoms with Gasteiger partial charge in [0.1, 0.15) is 11.9 Å². The van der Waals surface area contributed by atoms with E-state index in [1.165, 1.54) is 0 Å². The molecule has 1 fully saturated rings. The third-order valence-electron chi connectivity index (χ3n) is 5.25. The topological polar surface area (TPSA) is 51.1 Å². The first-order valence-corrected chi connectivity index (χ1v) is 10.3. The van der Waals surface area contributed by atoms with E-state index in [0.29, 0.717) is 6.04 Å². The Morgan fingerprint density at radius 3 is 2.59 bits per heavy atom. The molecule has 1 aliphatic rings. The van der Waals surface area contributed by atoms with Crippen LogP contribution in [0.1, 0.15) is 48.4 Å². The lowest BCUT2D eigenvalue weighted by molar-refractivity contribution is 0.168. The molecule has 0 spiro atoms. The molecule has 3 aromatic rings. The summed E-state index contributed by atoms with van der Waals surface area (Å²) in [6.07, 6.45) is 1.21. The molecule has 0 bridgehead atoms. The maximum absolute atomic E-state index is 6.28. The standard InChI is InChI=1S/C21H26N4OS/c1-12-8-17(9-13(2)22-12)26-18-10-14(3)25(11-18)15(4)19-6-7-20-21(24-19)23-16(5)27-20/h6-9,14-15,18H,10-11H2,1-5H3/t14-,15+,18+/m0/s1. The molecule has 4 heterocycles. The maximum atomic E-state index is 6.28. The van der Waals surface area contributed by atoms with Crippen LogP contribution in [0.4, 0.5) is 0 Å². The van der Waals surface area contributed by atoms with Crippen LogP contribution in [0.5, 0.6) is 5.75 Å². The molecule has 27 heavy (non-hydrogen) atoms. The third-order valence-corrected chi connectivity index (χ3v) is 6.17. The predicted molar refractivity (Wildman–Crippen MR) is 109 cm³/mol. The van der Waals surface area contributed by atoms with Gasteiger partial charge in [-0.2, -0.15) is 0 Å². The fourth-order valence-electron chi connectivity index (χ4n) is 4.03. The molecule has 0 unspecified atom stereocenters. The van der Waals surface area contributed by atoms with E-state index >= 15 is 0 Å². The second-order valence-corrected chi connectivity index (χ2v) is 8.81. The van der Waals surface area contributed by atoms with Gasteiger partial charge in [0.25, 0.3) is 0 Å². The largest absolute Gasteiger partial charge is 0.489 e. The number of thiazole rings is 1. The van der Waals surface area contributed by atoms with Gasteiger partial charge >= 0.3 is 0 Å². The van der Waals surface area contributed by atoms with Crippen LogP contribution in [0.3, 0.4) is 0 Å². The van der Waals surface area contributed by atoms with Crippen LogP contribution in [-0.2, 0) is 0 Å². The first-order valence-electron chi connectivity index (χ1n) is 9.51. The number of nitrogens with zero attached hydrogens (tertiary/aromatic N) is 4. The highest BCUT2D eigenvalue weighted by molar-refractivity contribution is 7.18. The van der Waals surface area contributed by atoms with Crippen molar-refractivity contribution in [3.05, 3.63) is 46.4 Å². The third kappa shape index (κ3) is 3.82. The number of hydrogen-bond acceptors (Lipinski definition) is 6. The van der Waals surface area contributed by atoms with Gasteiger partial charge in [-0.1, -0.05) is 0 Å². The normalized spacial score (nSPS) is 21.7. The van der Waals surface area contributed by atoms with Crippen molar-refractivity contribution in [2.75, 3.05) is 6.54 Å². The lowest BCUT2D eigenvalue weighted by Crippen LogP contribution is -2.31. The highest BCUT2D eigenvalue weighted by atomic mass is 32.1. The SMILES string of the molecule is Cc1cc(O[C@@H]2C[C@H](C)N([C@H](C)c3ccc4sc(C)nc4n3)C2)cc(C)n1. The Bertz CT molecular complexity index is 950. The summed E-state index contributed by atoms with van der Waals surface area (Å²) in [4.78, 5) is 16.3. The summed E-state index contributed by atoms with van der Waals surface area (Å²) >= 11 is 1.70. The van der Waals surface area contributed by atoms with Crippen LogP contribution < -0.4 is 4.74 Å². The van der Waals surface area contributed by atoms with Crippen LogP contribution in [0.15, 0.2) is 24.3 Å². The molecule has 0 saturated carbocycles. The molecule has 0 N–H and O–H groups in total. The lowest BCUT2D eigenvalue weighted by atomic mass is 10.1. The summed E-state index contributed by atoms with van der Waals surface area (Å²) < 4.78 is 7.44. The van der Waals surface area contributed by atoms with Crippen molar-refractivity contribution in [1.82, 2.24) is 19.9 Å². The number of rotatable bonds is 4. The Labute approximate surface area is 164 Å². The van der Waals surface area contributed by atoms with Crippen molar-refractivity contribution >= 4 is 21.7 Å². The zero-order valence-corrected chi connectivity index (χ0v) is 17.4. The lowest BCUT2D eigenvalue weighted by Gasteiger charge is -2.27. The van der Waals surface area contributed by atoms with Crippen molar-refractivity contribution < 1.29 is 4.74 Å². The molecule has 5 nitrogen and oxygen atoms in total. The van der Waals surface area contributed by atoms with Gasteiger partial charge in [0.15, 0.2) is 5.65 Å². The number of aromatic nitrogens is 3. The fourth-order valence-corrected chi connectivity index (χ4v) is 4.80. The van der Waals surface area contributed by atoms with Crippen molar-refractivity contribution in [3.63, 3.8) is 0 Å². The summed E-state index contributed by atoms with van der Waals surface area (Å²) in [5, 5.41) is 1.06. The van der Waals surface area contributed by atoms with Gasteiger partial charge in [0, 0.05) is 48.6 Å². The van der Waals surface area contributed by atoms with Crippen molar-refractivity contribution in [1.29, 1.82) is 0 Å². The van der Waals surface area contributed by atoms with E-state index in [-0.39, 0.29) is 12.1 Å². The van der Waals surface area contributed by atoms with E-state index in [1.807, 2.05) is 32.9 Å². The highest BCUT2D eigenvalue weighted by Gasteiger charge is 2.34. The number of fused-ring (bicyclic) bond motifs is 1. The minimum Gasteiger partial charge on any atom is -0.489 e. The summed E-state index contributed by atoms with van der Waals surface area (Å²) in [5.41, 5.74) is 3.94. The van der Waals surface area contributed by atoms with E-state index in [0.717, 1.165) is 51.2 Å². The van der Waals surface area contributed by atoms with Crippen LogP contribution in [0.25, 0.3) is 10.3 Å². The average Bonchev–Trinajstić information content (AvgIpc) is 3.13. The van der Waals surface area contributed by atoms with Gasteiger partial charge in [-0.15, -0.1) is 11.3 Å². The van der Waals surface area contributed by atoms with Gasteiger partial charge < -0.3 is 4.74 Å². The molecule has 0 radical (unpaired) electrons. The molecule has 0 aromatic carbocycles. The van der Waals surface area contributed by atoms with E-state index in [9.17, 15) is 0 Å². The molecule has 6 heteroatoms. The second-order valence-electron chi connectivity index (χ2n) is 7.57. The first-order chi connectivity index (χ1) is 12.9. The van der Waals surface area contributed by atoms with Gasteiger partial charge in [0.05, 0.1) is 15.4 Å². The number of hydrogen-bond donors (Lipinski definition) is 0. The molecule has 0 aliphatic carbocycles. The van der Waals surface area contributed by atoms with Crippen LogP contribution >= 0.6 is 11.3 Å². The van der Waals surface area contributed by atoms with Crippen molar-refractivity contribution in [3.8, 4) is 5.75 Å². The summed E-state index contributed by atoms with van der Waals surface area (Å²) in [7, 11) is 0. The average molecular weight is 383 g/mol. The Morgan fingerprint density at radius 1 is 1.11 bits per heavy atom. The molecular weight excluding hydrogens is 356 g/mol. The quantitative estimate of drug-likeness (QED) is 0.659. The second kappa shape index (κ2) is 7.17. The molecule has 142 valence electrons. The zero-order valence-electron chi connectivity index (χ0n) is 16.6. The van der Waals surface area contributed by atoms with Gasteiger partial charge in [-0.3, -0.25) is 9.88 Å². The maximum Gasteiger partial charge on any atom is 0.170 e. The van der Waals surface area contributed by atoms with E-state index in [4.69, 9.17) is 9.72 Å². The Kier molecular flexibility index (Phi) is 4.86. The van der Waals surface area contributed by atoms with Gasteiger partial charge in [-0.25, -0.2) is 9.97 Å². The number of aryl methyl sites for hydroxylation is 3. The van der Waals surface area contributed by atoms with Crippen LogP contribution in [0.2, 0.25) is 0 Å².